The average molecular weight is 587 g/mol. The van der Waals surface area contributed by atoms with E-state index < -0.39 is 22.1 Å². The Balaban J connectivity index is 1.48. The number of rotatable bonds is 8. The molecule has 0 amide bonds. The van der Waals surface area contributed by atoms with E-state index in [0.717, 1.165) is 28.2 Å². The summed E-state index contributed by atoms with van der Waals surface area (Å²) >= 11 is 0. The van der Waals surface area contributed by atoms with Gasteiger partial charge < -0.3 is 9.30 Å². The number of aryl methyl sites for hydroxylation is 2. The zero-order chi connectivity index (χ0) is 31.0. The van der Waals surface area contributed by atoms with E-state index >= 15 is 0 Å². The Morgan fingerprint density at radius 3 is 2.10 bits per heavy atom. The van der Waals surface area contributed by atoms with Crippen molar-refractivity contribution < 1.29 is 22.7 Å². The minimum absolute atomic E-state index is 0.203. The van der Waals surface area contributed by atoms with E-state index in [-0.39, 0.29) is 21.7 Å². The number of nitrogens with zero attached hydrogens (tertiary/aromatic N) is 1. The highest BCUT2D eigenvalue weighted by Crippen LogP contribution is 2.30. The van der Waals surface area contributed by atoms with Gasteiger partial charge >= 0.3 is 5.97 Å². The van der Waals surface area contributed by atoms with Gasteiger partial charge in [-0.05, 0) is 105 Å². The number of hydrogen-bond donors (Lipinski definition) is 1. The molecule has 0 unspecified atom stereocenters. The molecule has 8 heteroatoms. The second kappa shape index (κ2) is 11.6. The van der Waals surface area contributed by atoms with Crippen LogP contribution in [0.25, 0.3) is 5.69 Å². The van der Waals surface area contributed by atoms with E-state index in [1.807, 2.05) is 82.5 Å². The number of ketones is 1. The number of benzene rings is 3. The second-order valence-corrected chi connectivity index (χ2v) is 13.4. The number of nitrogens with one attached hydrogen (secondary N) is 1. The van der Waals surface area contributed by atoms with Gasteiger partial charge in [-0.15, -0.1) is 0 Å². The summed E-state index contributed by atoms with van der Waals surface area (Å²) in [6.07, 6.45) is -1.01. The molecular weight excluding hydrogens is 548 g/mol. The Kier molecular flexibility index (Phi) is 8.51. The van der Waals surface area contributed by atoms with Crippen molar-refractivity contribution in [3.8, 4) is 5.69 Å². The minimum Gasteiger partial charge on any atom is -0.451 e. The number of ether oxygens (including phenoxy) is 1. The van der Waals surface area contributed by atoms with Crippen molar-refractivity contribution in [2.75, 3.05) is 4.72 Å². The lowest BCUT2D eigenvalue weighted by molar-refractivity contribution is 0.0318. The number of para-hydroxylation sites is 1. The third-order valence-corrected chi connectivity index (χ3v) is 9.02. The van der Waals surface area contributed by atoms with Gasteiger partial charge in [-0.2, -0.15) is 0 Å². The lowest BCUT2D eigenvalue weighted by Gasteiger charge is -2.22. The van der Waals surface area contributed by atoms with E-state index in [1.165, 1.54) is 24.3 Å². The monoisotopic (exact) mass is 586 g/mol. The normalized spacial score (nSPS) is 12.6. The van der Waals surface area contributed by atoms with Gasteiger partial charge in [-0.1, -0.05) is 45.0 Å². The first-order valence-corrected chi connectivity index (χ1v) is 15.3. The lowest BCUT2D eigenvalue weighted by Crippen LogP contribution is -2.25. The van der Waals surface area contributed by atoms with Gasteiger partial charge in [-0.3, -0.25) is 9.52 Å². The maximum Gasteiger partial charge on any atom is 0.338 e. The maximum atomic E-state index is 13.3. The summed E-state index contributed by atoms with van der Waals surface area (Å²) in [5.74, 6) is -0.974. The van der Waals surface area contributed by atoms with Crippen molar-refractivity contribution in [2.24, 2.45) is 0 Å². The van der Waals surface area contributed by atoms with Crippen LogP contribution in [0, 0.1) is 27.7 Å². The zero-order valence-corrected chi connectivity index (χ0v) is 26.2. The van der Waals surface area contributed by atoms with Crippen LogP contribution in [0.4, 0.5) is 5.69 Å². The molecule has 220 valence electrons. The first-order valence-electron chi connectivity index (χ1n) is 13.8. The van der Waals surface area contributed by atoms with E-state index in [0.29, 0.717) is 16.8 Å². The molecule has 0 aliphatic heterocycles. The molecule has 1 atom stereocenters. The first kappa shape index (κ1) is 30.8. The number of Topliss-reactive ketones (excluding diaryl/α,β-unsaturated/α-hetero) is 1. The number of hydrogen-bond acceptors (Lipinski definition) is 5. The topological polar surface area (TPSA) is 94.5 Å². The predicted molar refractivity (Wildman–Crippen MR) is 166 cm³/mol. The fourth-order valence-electron chi connectivity index (χ4n) is 4.91. The van der Waals surface area contributed by atoms with Gasteiger partial charge in [0.1, 0.15) is 0 Å². The van der Waals surface area contributed by atoms with E-state index in [2.05, 4.69) is 4.72 Å². The van der Waals surface area contributed by atoms with Crippen molar-refractivity contribution in [3.63, 3.8) is 0 Å². The summed E-state index contributed by atoms with van der Waals surface area (Å²) in [6, 6.07) is 21.2. The standard InChI is InChI=1S/C34H38N2O5S/c1-21-18-27(34(6,7)8)20-31(23(21)3)42(39,40)35-28-16-14-26(15-17-28)33(38)41-25(5)32(37)30-19-22(2)36(24(30)4)29-12-10-9-11-13-29/h9-20,25,35H,1-8H3/t25-/m1/s1. The van der Waals surface area contributed by atoms with E-state index in [9.17, 15) is 18.0 Å². The van der Waals surface area contributed by atoms with Crippen molar-refractivity contribution in [1.82, 2.24) is 4.57 Å². The highest BCUT2D eigenvalue weighted by molar-refractivity contribution is 7.92. The molecule has 0 spiro atoms. The average Bonchev–Trinajstić information content (AvgIpc) is 3.22. The van der Waals surface area contributed by atoms with Gasteiger partial charge in [0.2, 0.25) is 5.78 Å². The van der Waals surface area contributed by atoms with Gasteiger partial charge in [0.05, 0.1) is 10.5 Å². The molecule has 0 saturated heterocycles. The lowest BCUT2D eigenvalue weighted by atomic mass is 9.85. The first-order chi connectivity index (χ1) is 19.6. The maximum absolute atomic E-state index is 13.3. The van der Waals surface area contributed by atoms with Crippen molar-refractivity contribution in [1.29, 1.82) is 0 Å². The van der Waals surface area contributed by atoms with Crippen LogP contribution in [0.1, 0.15) is 76.5 Å². The molecule has 0 bridgehead atoms. The van der Waals surface area contributed by atoms with Crippen molar-refractivity contribution in [2.45, 2.75) is 71.8 Å². The predicted octanol–water partition coefficient (Wildman–Crippen LogP) is 7.24. The largest absolute Gasteiger partial charge is 0.451 e. The Labute approximate surface area is 248 Å². The van der Waals surface area contributed by atoms with Gasteiger partial charge in [-0.25, -0.2) is 13.2 Å². The number of sulfonamides is 1. The van der Waals surface area contributed by atoms with Crippen LogP contribution in [0.15, 0.2) is 77.7 Å². The Hall–Kier alpha value is -4.17. The molecule has 1 N–H and O–H groups in total. The van der Waals surface area contributed by atoms with Crippen LogP contribution in [0.5, 0.6) is 0 Å². The van der Waals surface area contributed by atoms with Crippen molar-refractivity contribution >= 4 is 27.5 Å². The fourth-order valence-corrected chi connectivity index (χ4v) is 6.31. The Bertz CT molecular complexity index is 1750. The quantitative estimate of drug-likeness (QED) is 0.174. The number of carbonyl (C=O) groups excluding carboxylic acids is 2. The molecule has 3 aromatic carbocycles. The Morgan fingerprint density at radius 2 is 1.50 bits per heavy atom. The molecule has 7 nitrogen and oxygen atoms in total. The van der Waals surface area contributed by atoms with Crippen LogP contribution >= 0.6 is 0 Å². The minimum atomic E-state index is -3.88. The molecule has 1 aromatic heterocycles. The number of anilines is 1. The molecule has 0 radical (unpaired) electrons. The third kappa shape index (κ3) is 6.34. The zero-order valence-electron chi connectivity index (χ0n) is 25.4. The number of carbonyl (C=O) groups is 2. The summed E-state index contributed by atoms with van der Waals surface area (Å²) in [5, 5.41) is 0. The molecule has 1 heterocycles. The second-order valence-electron chi connectivity index (χ2n) is 11.7. The summed E-state index contributed by atoms with van der Waals surface area (Å²) in [7, 11) is -3.88. The molecular formula is C34H38N2O5S. The summed E-state index contributed by atoms with van der Waals surface area (Å²) in [6.45, 7) is 15.1. The number of esters is 1. The van der Waals surface area contributed by atoms with Crippen LogP contribution < -0.4 is 4.72 Å². The summed E-state index contributed by atoms with van der Waals surface area (Å²) in [4.78, 5) is 26.3. The van der Waals surface area contributed by atoms with Gasteiger partial charge in [0, 0.05) is 28.3 Å². The summed E-state index contributed by atoms with van der Waals surface area (Å²) in [5.41, 5.74) is 5.89. The fraction of sp³-hybridized carbons (Fsp3) is 0.294. The smallest absolute Gasteiger partial charge is 0.338 e. The number of aromatic nitrogens is 1. The molecule has 42 heavy (non-hydrogen) atoms. The third-order valence-electron chi connectivity index (χ3n) is 7.51. The highest BCUT2D eigenvalue weighted by atomic mass is 32.2. The molecule has 4 rings (SSSR count). The van der Waals surface area contributed by atoms with E-state index in [4.69, 9.17) is 4.74 Å². The van der Waals surface area contributed by atoms with Gasteiger partial charge in [0.25, 0.3) is 10.0 Å². The Morgan fingerprint density at radius 1 is 0.881 bits per heavy atom. The molecule has 0 saturated carbocycles. The molecule has 0 aliphatic carbocycles. The molecule has 0 fully saturated rings. The van der Waals surface area contributed by atoms with Crippen LogP contribution in [-0.4, -0.2) is 30.8 Å². The van der Waals surface area contributed by atoms with E-state index in [1.54, 1.807) is 26.0 Å². The molecule has 0 aliphatic rings. The SMILES string of the molecule is Cc1cc(C(C)(C)C)cc(S(=O)(=O)Nc2ccc(C(=O)O[C@H](C)C(=O)c3cc(C)n(-c4ccccc4)c3C)cc2)c1C. The highest BCUT2D eigenvalue weighted by Gasteiger charge is 2.26. The molecule has 4 aromatic rings. The van der Waals surface area contributed by atoms with Crippen LogP contribution in [-0.2, 0) is 20.2 Å². The summed E-state index contributed by atoms with van der Waals surface area (Å²) < 4.78 is 36.8. The van der Waals surface area contributed by atoms with Crippen molar-refractivity contribution in [3.05, 3.63) is 112 Å². The van der Waals surface area contributed by atoms with Crippen LogP contribution in [0.3, 0.4) is 0 Å². The van der Waals surface area contributed by atoms with Crippen LogP contribution in [0.2, 0.25) is 0 Å². The van der Waals surface area contributed by atoms with Gasteiger partial charge in [0.15, 0.2) is 6.10 Å².